The minimum Gasteiger partial charge on any atom is -0.328 e. The Kier molecular flexibility index (Phi) is 3.54. The molecule has 0 saturated carbocycles. The Hall–Kier alpha value is -1.38. The molecule has 3 heteroatoms. The van der Waals surface area contributed by atoms with E-state index in [1.54, 1.807) is 0 Å². The third kappa shape index (κ3) is 2.08. The minimum absolute atomic E-state index is 0.266. The molecular weight excluding hydrogens is 203 g/mol. The van der Waals surface area contributed by atoms with Crippen molar-refractivity contribution in [1.29, 1.82) is 0 Å². The third-order valence-electron chi connectivity index (χ3n) is 2.72. The number of fused-ring (bicyclic) bond motifs is 1. The van der Waals surface area contributed by atoms with E-state index in [1.165, 1.54) is 0 Å². The second-order valence-electron chi connectivity index (χ2n) is 3.96. The molecule has 0 amide bonds. The van der Waals surface area contributed by atoms with Gasteiger partial charge in [-0.05, 0) is 25.0 Å². The molecule has 0 unspecified atom stereocenters. The van der Waals surface area contributed by atoms with Crippen molar-refractivity contribution in [1.82, 2.24) is 9.55 Å². The summed E-state index contributed by atoms with van der Waals surface area (Å²) in [6, 6.07) is 8.07. The number of halogens is 1. The van der Waals surface area contributed by atoms with Crippen LogP contribution in [0.3, 0.4) is 0 Å². The largest absolute Gasteiger partial charge is 0.328 e. The van der Waals surface area contributed by atoms with E-state index in [-0.39, 0.29) is 6.67 Å². The molecule has 0 N–H and O–H groups in total. The van der Waals surface area contributed by atoms with Crippen LogP contribution in [-0.2, 0) is 13.0 Å². The molecule has 1 heterocycles. The number of benzene rings is 1. The lowest BCUT2D eigenvalue weighted by molar-refractivity contribution is 0.445. The molecule has 0 radical (unpaired) electrons. The maximum atomic E-state index is 12.3. The number of aromatic nitrogens is 2. The lowest BCUT2D eigenvalue weighted by Gasteiger charge is -2.06. The number of hydrogen-bond acceptors (Lipinski definition) is 1. The molecule has 16 heavy (non-hydrogen) atoms. The van der Waals surface area contributed by atoms with Crippen molar-refractivity contribution in [3.63, 3.8) is 0 Å². The van der Waals surface area contributed by atoms with Gasteiger partial charge in [-0.25, -0.2) is 4.98 Å². The highest BCUT2D eigenvalue weighted by Crippen LogP contribution is 2.17. The fraction of sp³-hybridized carbons (Fsp3) is 0.462. The van der Waals surface area contributed by atoms with E-state index >= 15 is 0 Å². The molecule has 1 aromatic carbocycles. The van der Waals surface area contributed by atoms with Gasteiger partial charge in [0, 0.05) is 13.0 Å². The number of nitrogens with zero attached hydrogens (tertiary/aromatic N) is 2. The van der Waals surface area contributed by atoms with Crippen LogP contribution in [0.4, 0.5) is 4.39 Å². The number of imidazole rings is 1. The highest BCUT2D eigenvalue weighted by atomic mass is 19.1. The fourth-order valence-electron chi connectivity index (χ4n) is 2.01. The molecule has 0 aliphatic rings. The second-order valence-corrected chi connectivity index (χ2v) is 3.96. The molecule has 1 aromatic heterocycles. The molecule has 0 aliphatic heterocycles. The quantitative estimate of drug-likeness (QED) is 0.755. The van der Waals surface area contributed by atoms with Crippen molar-refractivity contribution < 1.29 is 4.39 Å². The zero-order valence-corrected chi connectivity index (χ0v) is 9.62. The van der Waals surface area contributed by atoms with E-state index in [1.807, 2.05) is 18.2 Å². The first kappa shape index (κ1) is 11.1. The van der Waals surface area contributed by atoms with Crippen molar-refractivity contribution in [2.75, 3.05) is 6.67 Å². The van der Waals surface area contributed by atoms with Gasteiger partial charge in [-0.1, -0.05) is 19.1 Å². The van der Waals surface area contributed by atoms with Crippen LogP contribution in [0.5, 0.6) is 0 Å². The van der Waals surface area contributed by atoms with E-state index in [9.17, 15) is 4.39 Å². The Bertz CT molecular complexity index is 462. The third-order valence-corrected chi connectivity index (χ3v) is 2.72. The van der Waals surface area contributed by atoms with E-state index in [2.05, 4.69) is 22.5 Å². The molecule has 86 valence electrons. The summed E-state index contributed by atoms with van der Waals surface area (Å²) < 4.78 is 14.4. The van der Waals surface area contributed by atoms with Crippen LogP contribution in [0.2, 0.25) is 0 Å². The molecule has 0 fully saturated rings. The normalized spacial score (nSPS) is 11.1. The predicted molar refractivity (Wildman–Crippen MR) is 64.3 cm³/mol. The van der Waals surface area contributed by atoms with E-state index in [0.29, 0.717) is 6.42 Å². The van der Waals surface area contributed by atoms with Gasteiger partial charge in [-0.3, -0.25) is 4.39 Å². The highest BCUT2D eigenvalue weighted by Gasteiger charge is 2.08. The number of rotatable bonds is 5. The summed E-state index contributed by atoms with van der Waals surface area (Å²) in [4.78, 5) is 4.60. The van der Waals surface area contributed by atoms with E-state index in [0.717, 1.165) is 36.2 Å². The predicted octanol–water partition coefficient (Wildman–Crippen LogP) is 3.35. The van der Waals surface area contributed by atoms with Crippen molar-refractivity contribution in [3.8, 4) is 0 Å². The molecular formula is C13H17FN2. The fourth-order valence-corrected chi connectivity index (χ4v) is 2.01. The van der Waals surface area contributed by atoms with Gasteiger partial charge >= 0.3 is 0 Å². The number of aryl methyl sites for hydroxylation is 2. The Balaban J connectivity index is 2.42. The van der Waals surface area contributed by atoms with E-state index < -0.39 is 0 Å². The Morgan fingerprint density at radius 2 is 2.12 bits per heavy atom. The Morgan fingerprint density at radius 1 is 1.31 bits per heavy atom. The van der Waals surface area contributed by atoms with E-state index in [4.69, 9.17) is 0 Å². The average molecular weight is 220 g/mol. The molecule has 0 atom stereocenters. The van der Waals surface area contributed by atoms with Crippen LogP contribution in [0.1, 0.15) is 25.6 Å². The highest BCUT2D eigenvalue weighted by molar-refractivity contribution is 5.75. The summed E-state index contributed by atoms with van der Waals surface area (Å²) in [6.45, 7) is 2.60. The van der Waals surface area contributed by atoms with Gasteiger partial charge in [0.25, 0.3) is 0 Å². The van der Waals surface area contributed by atoms with Crippen molar-refractivity contribution >= 4 is 11.0 Å². The zero-order valence-electron chi connectivity index (χ0n) is 9.62. The van der Waals surface area contributed by atoms with Crippen LogP contribution >= 0.6 is 0 Å². The van der Waals surface area contributed by atoms with Crippen LogP contribution in [0.25, 0.3) is 11.0 Å². The summed E-state index contributed by atoms with van der Waals surface area (Å²) in [7, 11) is 0. The molecule has 2 nitrogen and oxygen atoms in total. The average Bonchev–Trinajstić information content (AvgIpc) is 2.65. The zero-order chi connectivity index (χ0) is 11.4. The number of para-hydroxylation sites is 2. The maximum absolute atomic E-state index is 12.3. The molecule has 2 rings (SSSR count). The topological polar surface area (TPSA) is 17.8 Å². The first-order valence-electron chi connectivity index (χ1n) is 5.87. The van der Waals surface area contributed by atoms with Gasteiger partial charge in [0.05, 0.1) is 17.7 Å². The summed E-state index contributed by atoms with van der Waals surface area (Å²) in [5, 5.41) is 0. The Morgan fingerprint density at radius 3 is 2.88 bits per heavy atom. The number of alkyl halides is 1. The first-order valence-corrected chi connectivity index (χ1v) is 5.87. The number of hydrogen-bond donors (Lipinski definition) is 0. The van der Waals surface area contributed by atoms with Gasteiger partial charge in [0.15, 0.2) is 0 Å². The van der Waals surface area contributed by atoms with Crippen LogP contribution in [0, 0.1) is 0 Å². The van der Waals surface area contributed by atoms with Crippen LogP contribution < -0.4 is 0 Å². The molecule has 0 spiro atoms. The maximum Gasteiger partial charge on any atom is 0.109 e. The SMILES string of the molecule is CCCc1nc2ccccc2n1CCCF. The van der Waals surface area contributed by atoms with Gasteiger partial charge in [0.1, 0.15) is 5.82 Å². The van der Waals surface area contributed by atoms with Crippen LogP contribution in [-0.4, -0.2) is 16.2 Å². The standard InChI is InChI=1S/C13H17FN2/c1-2-6-13-15-11-7-3-4-8-12(11)16(13)10-5-9-14/h3-4,7-8H,2,5-6,9-10H2,1H3. The van der Waals surface area contributed by atoms with Crippen LogP contribution in [0.15, 0.2) is 24.3 Å². The molecule has 0 bridgehead atoms. The summed E-state index contributed by atoms with van der Waals surface area (Å²) >= 11 is 0. The lowest BCUT2D eigenvalue weighted by atomic mass is 10.3. The van der Waals surface area contributed by atoms with Crippen molar-refractivity contribution in [2.24, 2.45) is 0 Å². The minimum atomic E-state index is -0.266. The summed E-state index contributed by atoms with van der Waals surface area (Å²) in [6.07, 6.45) is 2.59. The van der Waals surface area contributed by atoms with Gasteiger partial charge in [-0.2, -0.15) is 0 Å². The van der Waals surface area contributed by atoms with Gasteiger partial charge in [-0.15, -0.1) is 0 Å². The molecule has 0 saturated heterocycles. The Labute approximate surface area is 95.1 Å². The molecule has 2 aromatic rings. The van der Waals surface area contributed by atoms with Gasteiger partial charge < -0.3 is 4.57 Å². The monoisotopic (exact) mass is 220 g/mol. The van der Waals surface area contributed by atoms with Crippen molar-refractivity contribution in [3.05, 3.63) is 30.1 Å². The first-order chi connectivity index (χ1) is 7.86. The second kappa shape index (κ2) is 5.10. The van der Waals surface area contributed by atoms with Crippen molar-refractivity contribution in [2.45, 2.75) is 32.7 Å². The summed E-state index contributed by atoms with van der Waals surface area (Å²) in [5.74, 6) is 1.08. The van der Waals surface area contributed by atoms with Gasteiger partial charge in [0.2, 0.25) is 0 Å². The molecule has 0 aliphatic carbocycles. The smallest absolute Gasteiger partial charge is 0.109 e. The lowest BCUT2D eigenvalue weighted by Crippen LogP contribution is -2.04. The summed E-state index contributed by atoms with van der Waals surface area (Å²) in [5.41, 5.74) is 2.14.